The summed E-state index contributed by atoms with van der Waals surface area (Å²) in [5.74, 6) is -19.3. The fourth-order valence-electron chi connectivity index (χ4n) is 2.99. The third-order valence-electron chi connectivity index (χ3n) is 4.75. The van der Waals surface area contributed by atoms with Crippen molar-refractivity contribution < 1.29 is 70.9 Å². The summed E-state index contributed by atoms with van der Waals surface area (Å²) in [5.41, 5.74) is 0.406. The average molecular weight is 586 g/mol. The van der Waals surface area contributed by atoms with Gasteiger partial charge < -0.3 is 20.9 Å². The molecule has 0 bridgehead atoms. The van der Waals surface area contributed by atoms with E-state index in [4.69, 9.17) is 11.5 Å². The highest BCUT2D eigenvalue weighted by atomic mass is 19.4. The zero-order valence-electron chi connectivity index (χ0n) is 18.1. The van der Waals surface area contributed by atoms with E-state index in [1.54, 1.807) is 0 Å². The van der Waals surface area contributed by atoms with Crippen LogP contribution in [0.2, 0.25) is 0 Å². The molecule has 0 aliphatic heterocycles. The first-order valence-corrected chi connectivity index (χ1v) is 9.60. The monoisotopic (exact) mass is 586 g/mol. The van der Waals surface area contributed by atoms with Crippen molar-refractivity contribution in [3.8, 4) is 23.0 Å². The fourth-order valence-corrected chi connectivity index (χ4v) is 2.99. The van der Waals surface area contributed by atoms with Crippen molar-refractivity contribution >= 4 is 11.4 Å². The Labute approximate surface area is 206 Å². The van der Waals surface area contributed by atoms with Gasteiger partial charge in [-0.3, -0.25) is 0 Å². The molecule has 0 saturated heterocycles. The first kappa shape index (κ1) is 29.4. The Balaban J connectivity index is 2.25. The predicted octanol–water partition coefficient (Wildman–Crippen LogP) is 8.19. The van der Waals surface area contributed by atoms with Crippen LogP contribution in [0.25, 0.3) is 0 Å². The van der Waals surface area contributed by atoms with Crippen molar-refractivity contribution in [3.63, 3.8) is 0 Å². The third kappa shape index (κ3) is 5.68. The van der Waals surface area contributed by atoms with E-state index in [9.17, 15) is 61.5 Å². The standard InChI is InChI=1S/C21H8F14N2O2/c22-8-1-5(19(27,28)29)11(38-17-13(23)6(20(30,31)32)2-9(36)15(17)25)4-12(8)39-18-14(24)7(21(33,34)35)3-10(37)16(18)26/h1-4H,36-37H2. The summed E-state index contributed by atoms with van der Waals surface area (Å²) in [5, 5.41) is 0. The number of hydrogen-bond donors (Lipinski definition) is 2. The van der Waals surface area contributed by atoms with Crippen LogP contribution in [0.1, 0.15) is 16.7 Å². The number of benzene rings is 3. The molecular weight excluding hydrogens is 578 g/mol. The summed E-state index contributed by atoms with van der Waals surface area (Å²) in [6.45, 7) is 0. The molecule has 212 valence electrons. The minimum Gasteiger partial charge on any atom is -0.450 e. The Morgan fingerprint density at radius 3 is 1.18 bits per heavy atom. The number of rotatable bonds is 4. The normalized spacial score (nSPS) is 12.6. The molecule has 0 aliphatic rings. The Hall–Kier alpha value is -4.12. The Kier molecular flexibility index (Phi) is 7.22. The molecule has 3 aromatic rings. The minimum absolute atomic E-state index is 0.210. The minimum atomic E-state index is -5.65. The molecule has 0 atom stereocenters. The summed E-state index contributed by atoms with van der Waals surface area (Å²) < 4.78 is 199. The molecule has 0 unspecified atom stereocenters. The zero-order chi connectivity index (χ0) is 29.8. The highest BCUT2D eigenvalue weighted by molar-refractivity contribution is 5.56. The molecule has 0 heterocycles. The molecule has 3 rings (SSSR count). The molecule has 4 N–H and O–H groups in total. The summed E-state index contributed by atoms with van der Waals surface area (Å²) in [4.78, 5) is 0. The molecule has 0 fully saturated rings. The van der Waals surface area contributed by atoms with Crippen molar-refractivity contribution in [2.75, 3.05) is 11.5 Å². The van der Waals surface area contributed by atoms with E-state index >= 15 is 0 Å². The van der Waals surface area contributed by atoms with Gasteiger partial charge in [-0.1, -0.05) is 0 Å². The van der Waals surface area contributed by atoms with E-state index in [0.29, 0.717) is 0 Å². The van der Waals surface area contributed by atoms with Crippen molar-refractivity contribution in [3.05, 3.63) is 70.0 Å². The summed E-state index contributed by atoms with van der Waals surface area (Å²) >= 11 is 0. The maximum absolute atomic E-state index is 14.4. The van der Waals surface area contributed by atoms with E-state index in [1.807, 2.05) is 0 Å². The molecular formula is C21H8F14N2O2. The van der Waals surface area contributed by atoms with Gasteiger partial charge in [0.25, 0.3) is 0 Å². The SMILES string of the molecule is Nc1cc(C(F)(F)F)c(F)c(Oc2cc(Oc3c(F)c(N)cc(C(F)(F)F)c3F)c(C(F)(F)F)cc2F)c1F. The molecule has 0 aliphatic carbocycles. The van der Waals surface area contributed by atoms with Gasteiger partial charge in [0.1, 0.15) is 11.3 Å². The highest BCUT2D eigenvalue weighted by Crippen LogP contribution is 2.47. The lowest BCUT2D eigenvalue weighted by Gasteiger charge is -2.19. The number of hydrogen-bond acceptors (Lipinski definition) is 4. The van der Waals surface area contributed by atoms with Crippen LogP contribution < -0.4 is 20.9 Å². The van der Waals surface area contributed by atoms with Crippen LogP contribution in [0.15, 0.2) is 24.3 Å². The number of anilines is 2. The molecule has 3 aromatic carbocycles. The maximum atomic E-state index is 14.4. The van der Waals surface area contributed by atoms with E-state index in [-0.39, 0.29) is 18.2 Å². The molecule has 4 nitrogen and oxygen atoms in total. The molecule has 39 heavy (non-hydrogen) atoms. The summed E-state index contributed by atoms with van der Waals surface area (Å²) in [7, 11) is 0. The Bertz CT molecular complexity index is 1450. The molecule has 18 heteroatoms. The van der Waals surface area contributed by atoms with E-state index in [0.717, 1.165) is 0 Å². The largest absolute Gasteiger partial charge is 0.450 e. The molecule has 0 saturated carbocycles. The van der Waals surface area contributed by atoms with Gasteiger partial charge in [-0.15, -0.1) is 0 Å². The lowest BCUT2D eigenvalue weighted by Crippen LogP contribution is -2.14. The van der Waals surface area contributed by atoms with Gasteiger partial charge in [0, 0.05) is 6.07 Å². The molecule has 0 aromatic heterocycles. The van der Waals surface area contributed by atoms with Crippen molar-refractivity contribution in [1.29, 1.82) is 0 Å². The van der Waals surface area contributed by atoms with Gasteiger partial charge in [0.2, 0.25) is 11.5 Å². The van der Waals surface area contributed by atoms with Crippen LogP contribution in [0.3, 0.4) is 0 Å². The third-order valence-corrected chi connectivity index (χ3v) is 4.75. The van der Waals surface area contributed by atoms with Crippen molar-refractivity contribution in [2.45, 2.75) is 18.5 Å². The number of nitrogens with two attached hydrogens (primary N) is 2. The van der Waals surface area contributed by atoms with Crippen LogP contribution >= 0.6 is 0 Å². The second kappa shape index (κ2) is 9.57. The van der Waals surface area contributed by atoms with Gasteiger partial charge in [0.15, 0.2) is 34.8 Å². The van der Waals surface area contributed by atoms with Crippen LogP contribution in [-0.2, 0) is 18.5 Å². The smallest absolute Gasteiger partial charge is 0.420 e. The van der Waals surface area contributed by atoms with Crippen molar-refractivity contribution in [2.24, 2.45) is 0 Å². The van der Waals surface area contributed by atoms with Crippen LogP contribution in [0, 0.1) is 29.1 Å². The summed E-state index contributed by atoms with van der Waals surface area (Å²) in [6.07, 6.45) is -16.7. The zero-order valence-corrected chi connectivity index (χ0v) is 18.1. The number of nitrogen functional groups attached to an aromatic ring is 2. The molecule has 0 radical (unpaired) electrons. The van der Waals surface area contributed by atoms with Gasteiger partial charge in [-0.25, -0.2) is 22.0 Å². The molecule has 0 spiro atoms. The second-order valence-electron chi connectivity index (χ2n) is 7.42. The van der Waals surface area contributed by atoms with Crippen molar-refractivity contribution in [1.82, 2.24) is 0 Å². The van der Waals surface area contributed by atoms with Gasteiger partial charge in [0.05, 0.1) is 22.5 Å². The Morgan fingerprint density at radius 1 is 0.462 bits per heavy atom. The fraction of sp³-hybridized carbons (Fsp3) is 0.143. The number of alkyl halides is 9. The van der Waals surface area contributed by atoms with E-state index < -0.39 is 105 Å². The average Bonchev–Trinajstić information content (AvgIpc) is 2.78. The Morgan fingerprint density at radius 2 is 0.821 bits per heavy atom. The second-order valence-corrected chi connectivity index (χ2v) is 7.42. The number of halogens is 14. The quantitative estimate of drug-likeness (QED) is 0.239. The topological polar surface area (TPSA) is 70.5 Å². The molecule has 0 amide bonds. The first-order chi connectivity index (χ1) is 17.6. The van der Waals surface area contributed by atoms with Gasteiger partial charge in [-0.05, 0) is 18.2 Å². The van der Waals surface area contributed by atoms with E-state index in [2.05, 4.69) is 9.47 Å². The predicted molar refractivity (Wildman–Crippen MR) is 103 cm³/mol. The maximum Gasteiger partial charge on any atom is 0.420 e. The highest BCUT2D eigenvalue weighted by Gasteiger charge is 2.41. The first-order valence-electron chi connectivity index (χ1n) is 9.60. The van der Waals surface area contributed by atoms with Crippen LogP contribution in [0.5, 0.6) is 23.0 Å². The van der Waals surface area contributed by atoms with E-state index in [1.165, 1.54) is 0 Å². The lowest BCUT2D eigenvalue weighted by atomic mass is 10.1. The number of ether oxygens (including phenoxy) is 2. The summed E-state index contributed by atoms with van der Waals surface area (Å²) in [6, 6.07) is -1.28. The van der Waals surface area contributed by atoms with Gasteiger partial charge >= 0.3 is 18.5 Å². The lowest BCUT2D eigenvalue weighted by molar-refractivity contribution is -0.141. The van der Waals surface area contributed by atoms with Gasteiger partial charge in [-0.2, -0.15) is 39.5 Å². The van der Waals surface area contributed by atoms with Crippen LogP contribution in [0.4, 0.5) is 72.8 Å². The van der Waals surface area contributed by atoms with Crippen LogP contribution in [-0.4, -0.2) is 0 Å².